The van der Waals surface area contributed by atoms with Gasteiger partial charge in [-0.2, -0.15) is 13.2 Å². The van der Waals surface area contributed by atoms with Gasteiger partial charge in [0.2, 0.25) is 0 Å². The van der Waals surface area contributed by atoms with Gasteiger partial charge in [-0.1, -0.05) is 6.07 Å². The standard InChI is InChI=1S/C16H17F3N4/c1-12-20-6-5-15(21-12)23-9-7-22(8-10-23)14-4-2-3-13(11-14)16(17,18)19/h2-6,11H,7-10H2,1H3. The number of hydrogen-bond acceptors (Lipinski definition) is 4. The number of benzene rings is 1. The molecule has 23 heavy (non-hydrogen) atoms. The largest absolute Gasteiger partial charge is 0.416 e. The number of anilines is 2. The first kappa shape index (κ1) is 15.6. The molecule has 0 unspecified atom stereocenters. The number of halogens is 3. The quantitative estimate of drug-likeness (QED) is 0.850. The van der Waals surface area contributed by atoms with E-state index in [1.165, 1.54) is 12.1 Å². The smallest absolute Gasteiger partial charge is 0.368 e. The van der Waals surface area contributed by atoms with Crippen molar-refractivity contribution in [3.05, 3.63) is 47.9 Å². The first-order valence-corrected chi connectivity index (χ1v) is 7.40. The second-order valence-electron chi connectivity index (χ2n) is 5.48. The van der Waals surface area contributed by atoms with Crippen molar-refractivity contribution >= 4 is 11.5 Å². The van der Waals surface area contributed by atoms with Gasteiger partial charge < -0.3 is 9.80 Å². The third-order valence-corrected chi connectivity index (χ3v) is 3.90. The van der Waals surface area contributed by atoms with Crippen LogP contribution in [0.1, 0.15) is 11.4 Å². The Bertz CT molecular complexity index is 679. The number of piperazine rings is 1. The molecule has 0 bridgehead atoms. The zero-order chi connectivity index (χ0) is 16.4. The van der Waals surface area contributed by atoms with E-state index < -0.39 is 11.7 Å². The van der Waals surface area contributed by atoms with Gasteiger partial charge in [0.15, 0.2) is 0 Å². The van der Waals surface area contributed by atoms with Gasteiger partial charge in [0.25, 0.3) is 0 Å². The Balaban J connectivity index is 1.70. The van der Waals surface area contributed by atoms with Gasteiger partial charge in [-0.25, -0.2) is 9.97 Å². The van der Waals surface area contributed by atoms with E-state index in [1.54, 1.807) is 12.3 Å². The van der Waals surface area contributed by atoms with Crippen molar-refractivity contribution < 1.29 is 13.2 Å². The first-order chi connectivity index (χ1) is 10.9. The van der Waals surface area contributed by atoms with Crippen LogP contribution in [0.5, 0.6) is 0 Å². The number of nitrogens with zero attached hydrogens (tertiary/aromatic N) is 4. The zero-order valence-corrected chi connectivity index (χ0v) is 12.7. The van der Waals surface area contributed by atoms with Crippen molar-refractivity contribution in [2.24, 2.45) is 0 Å². The molecule has 2 aromatic rings. The molecule has 0 spiro atoms. The van der Waals surface area contributed by atoms with Crippen molar-refractivity contribution in [3.63, 3.8) is 0 Å². The average Bonchev–Trinajstić information content (AvgIpc) is 2.54. The van der Waals surface area contributed by atoms with Crippen LogP contribution in [0.3, 0.4) is 0 Å². The minimum absolute atomic E-state index is 0.608. The summed E-state index contributed by atoms with van der Waals surface area (Å²) in [5.41, 5.74) is 0.00204. The molecule has 122 valence electrons. The van der Waals surface area contributed by atoms with Crippen molar-refractivity contribution in [2.75, 3.05) is 36.0 Å². The SMILES string of the molecule is Cc1nccc(N2CCN(c3cccc(C(F)(F)F)c3)CC2)n1. The molecule has 7 heteroatoms. The second-order valence-corrected chi connectivity index (χ2v) is 5.48. The van der Waals surface area contributed by atoms with E-state index in [2.05, 4.69) is 14.9 Å². The van der Waals surface area contributed by atoms with Gasteiger partial charge in [-0.15, -0.1) is 0 Å². The highest BCUT2D eigenvalue weighted by atomic mass is 19.4. The summed E-state index contributed by atoms with van der Waals surface area (Å²) < 4.78 is 38.4. The van der Waals surface area contributed by atoms with E-state index in [1.807, 2.05) is 17.9 Å². The Morgan fingerprint density at radius 2 is 1.70 bits per heavy atom. The van der Waals surface area contributed by atoms with Crippen LogP contribution in [0.2, 0.25) is 0 Å². The highest BCUT2D eigenvalue weighted by molar-refractivity contribution is 5.51. The van der Waals surface area contributed by atoms with Gasteiger partial charge in [0.1, 0.15) is 11.6 Å². The lowest BCUT2D eigenvalue weighted by Gasteiger charge is -2.37. The topological polar surface area (TPSA) is 32.3 Å². The van der Waals surface area contributed by atoms with Crippen LogP contribution >= 0.6 is 0 Å². The summed E-state index contributed by atoms with van der Waals surface area (Å²) in [6.07, 6.45) is -2.59. The molecule has 4 nitrogen and oxygen atoms in total. The molecule has 0 saturated carbocycles. The number of rotatable bonds is 2. The fourth-order valence-electron chi connectivity index (χ4n) is 2.69. The molecule has 0 amide bonds. The molecule has 0 atom stereocenters. The maximum atomic E-state index is 12.8. The Kier molecular flexibility index (Phi) is 4.11. The summed E-state index contributed by atoms with van der Waals surface area (Å²) in [5, 5.41) is 0. The summed E-state index contributed by atoms with van der Waals surface area (Å²) in [6, 6.07) is 7.35. The van der Waals surface area contributed by atoms with E-state index in [4.69, 9.17) is 0 Å². The zero-order valence-electron chi connectivity index (χ0n) is 12.7. The Labute approximate surface area is 132 Å². The molecule has 1 saturated heterocycles. The predicted octanol–water partition coefficient (Wildman–Crippen LogP) is 3.13. The number of aryl methyl sites for hydroxylation is 1. The van der Waals surface area contributed by atoms with E-state index >= 15 is 0 Å². The third kappa shape index (κ3) is 3.55. The Morgan fingerprint density at radius 1 is 1.00 bits per heavy atom. The molecule has 1 aromatic carbocycles. The predicted molar refractivity (Wildman–Crippen MR) is 82.6 cm³/mol. The Morgan fingerprint density at radius 3 is 2.35 bits per heavy atom. The van der Waals surface area contributed by atoms with Gasteiger partial charge in [-0.3, -0.25) is 0 Å². The molecule has 2 heterocycles. The van der Waals surface area contributed by atoms with Crippen molar-refractivity contribution in [1.29, 1.82) is 0 Å². The summed E-state index contributed by atoms with van der Waals surface area (Å²) in [5.74, 6) is 1.57. The number of alkyl halides is 3. The maximum Gasteiger partial charge on any atom is 0.416 e. The average molecular weight is 322 g/mol. The van der Waals surface area contributed by atoms with Gasteiger partial charge in [0.05, 0.1) is 5.56 Å². The molecule has 0 aliphatic carbocycles. The van der Waals surface area contributed by atoms with E-state index in [-0.39, 0.29) is 0 Å². The monoisotopic (exact) mass is 322 g/mol. The lowest BCUT2D eigenvalue weighted by atomic mass is 10.1. The molecule has 1 aliphatic rings. The maximum absolute atomic E-state index is 12.8. The number of aromatic nitrogens is 2. The number of hydrogen-bond donors (Lipinski definition) is 0. The fourth-order valence-corrected chi connectivity index (χ4v) is 2.69. The van der Waals surface area contributed by atoms with Crippen LogP contribution in [-0.2, 0) is 6.18 Å². The van der Waals surface area contributed by atoms with Crippen molar-refractivity contribution in [3.8, 4) is 0 Å². The molecular weight excluding hydrogens is 305 g/mol. The van der Waals surface area contributed by atoms with Gasteiger partial charge in [-0.05, 0) is 31.2 Å². The lowest BCUT2D eigenvalue weighted by molar-refractivity contribution is -0.137. The summed E-state index contributed by atoms with van der Waals surface area (Å²) in [7, 11) is 0. The highest BCUT2D eigenvalue weighted by Gasteiger charge is 2.31. The van der Waals surface area contributed by atoms with E-state index in [0.29, 0.717) is 37.7 Å². The molecule has 1 aromatic heterocycles. The van der Waals surface area contributed by atoms with Crippen LogP contribution in [0.4, 0.5) is 24.7 Å². The highest BCUT2D eigenvalue weighted by Crippen LogP contribution is 2.32. The minimum atomic E-state index is -4.31. The van der Waals surface area contributed by atoms with Crippen LogP contribution in [0, 0.1) is 6.92 Å². The van der Waals surface area contributed by atoms with Crippen LogP contribution in [-0.4, -0.2) is 36.1 Å². The van der Waals surface area contributed by atoms with Gasteiger partial charge >= 0.3 is 6.18 Å². The second kappa shape index (κ2) is 6.06. The van der Waals surface area contributed by atoms with E-state index in [9.17, 15) is 13.2 Å². The molecular formula is C16H17F3N4. The third-order valence-electron chi connectivity index (χ3n) is 3.90. The lowest BCUT2D eigenvalue weighted by Crippen LogP contribution is -2.47. The van der Waals surface area contributed by atoms with Crippen LogP contribution in [0.25, 0.3) is 0 Å². The molecule has 1 fully saturated rings. The van der Waals surface area contributed by atoms with Gasteiger partial charge in [0, 0.05) is 38.1 Å². The molecule has 0 radical (unpaired) electrons. The first-order valence-electron chi connectivity index (χ1n) is 7.40. The molecule has 0 N–H and O–H groups in total. The summed E-state index contributed by atoms with van der Waals surface area (Å²) in [6.45, 7) is 4.58. The molecule has 1 aliphatic heterocycles. The summed E-state index contributed by atoms with van der Waals surface area (Å²) >= 11 is 0. The van der Waals surface area contributed by atoms with Crippen molar-refractivity contribution in [1.82, 2.24) is 9.97 Å². The van der Waals surface area contributed by atoms with Crippen LogP contribution in [0.15, 0.2) is 36.5 Å². The van der Waals surface area contributed by atoms with Crippen molar-refractivity contribution in [2.45, 2.75) is 13.1 Å². The fraction of sp³-hybridized carbons (Fsp3) is 0.375. The molecule has 3 rings (SSSR count). The summed E-state index contributed by atoms with van der Waals surface area (Å²) in [4.78, 5) is 12.6. The van der Waals surface area contributed by atoms with E-state index in [0.717, 1.165) is 11.9 Å². The normalized spacial score (nSPS) is 15.8. The Hall–Kier alpha value is -2.31. The minimum Gasteiger partial charge on any atom is -0.368 e. The van der Waals surface area contributed by atoms with Crippen LogP contribution < -0.4 is 9.80 Å².